The molecule has 0 aromatic carbocycles. The standard InChI is InChI=1S/C7H13ClO2.C7H13N3O2.CH3F.N3.Na/c1-7(9)10-6-4-2-3-5-8;1-7(11)12-6-4-2-3-5-9-10-8;1-2;1-3-2;/h2-6H2,1H3;2-6H2,1H3;1H3;;/q;;;-1;+1/i;;1D;;. The number of rotatable bonds is 11. The van der Waals surface area contributed by atoms with Crippen LogP contribution in [0, 0.1) is 0 Å². The van der Waals surface area contributed by atoms with Gasteiger partial charge in [-0.2, -0.15) is 0 Å². The predicted molar refractivity (Wildman–Crippen MR) is 103 cm³/mol. The fourth-order valence-electron chi connectivity index (χ4n) is 1.31. The average molecular weight is 436 g/mol. The van der Waals surface area contributed by atoms with Gasteiger partial charge in [-0.25, -0.2) is 0 Å². The first kappa shape index (κ1) is 34.3. The maximum Gasteiger partial charge on any atom is 1.00 e. The van der Waals surface area contributed by atoms with Crippen molar-refractivity contribution < 1.29 is 54.4 Å². The van der Waals surface area contributed by atoms with E-state index in [1.54, 1.807) is 0 Å². The van der Waals surface area contributed by atoms with E-state index in [0.29, 0.717) is 25.6 Å². The van der Waals surface area contributed by atoms with Gasteiger partial charge in [0.15, 0.2) is 0 Å². The minimum absolute atomic E-state index is 0. The molecular formula is C15H29ClFN6NaO4. The van der Waals surface area contributed by atoms with Crippen LogP contribution in [0.25, 0.3) is 26.4 Å². The van der Waals surface area contributed by atoms with Crippen LogP contribution < -0.4 is 29.6 Å². The Bertz CT molecular complexity index is 437. The first-order valence-electron chi connectivity index (χ1n) is 8.75. The molecule has 158 valence electrons. The summed E-state index contributed by atoms with van der Waals surface area (Å²) in [6, 6.07) is 0. The van der Waals surface area contributed by atoms with Gasteiger partial charge in [0, 0.05) is 31.2 Å². The molecule has 0 spiro atoms. The number of carbonyl (C=O) groups excluding carboxylic acids is 2. The van der Waals surface area contributed by atoms with Crippen molar-refractivity contribution in [1.29, 1.82) is 0 Å². The zero-order chi connectivity index (χ0) is 22.5. The number of halogens is 2. The normalized spacial score (nSPS) is 8.07. The van der Waals surface area contributed by atoms with Crippen LogP contribution in [-0.2, 0) is 19.1 Å². The van der Waals surface area contributed by atoms with Crippen molar-refractivity contribution in [3.05, 3.63) is 26.4 Å². The third-order valence-electron chi connectivity index (χ3n) is 2.35. The van der Waals surface area contributed by atoms with Crippen molar-refractivity contribution in [3.8, 4) is 0 Å². The molecule has 0 aliphatic rings. The van der Waals surface area contributed by atoms with E-state index in [0.717, 1.165) is 38.5 Å². The summed E-state index contributed by atoms with van der Waals surface area (Å²) < 4.78 is 24.9. The van der Waals surface area contributed by atoms with E-state index in [9.17, 15) is 14.0 Å². The Labute approximate surface area is 194 Å². The predicted octanol–water partition coefficient (Wildman–Crippen LogP) is 2.44. The van der Waals surface area contributed by atoms with Crippen LogP contribution >= 0.6 is 11.6 Å². The molecule has 13 heteroatoms. The summed E-state index contributed by atoms with van der Waals surface area (Å²) in [5.74, 6) is 0.246. The quantitative estimate of drug-likeness (QED) is 0.0926. The maximum atomic E-state index is 10.3. The van der Waals surface area contributed by atoms with E-state index in [1.807, 2.05) is 0 Å². The molecule has 0 aromatic rings. The van der Waals surface area contributed by atoms with Gasteiger partial charge in [-0.15, -0.1) is 11.6 Å². The number of unbranched alkanes of at least 4 members (excludes halogenated alkanes) is 4. The van der Waals surface area contributed by atoms with Crippen LogP contribution in [0.15, 0.2) is 5.11 Å². The van der Waals surface area contributed by atoms with Crippen LogP contribution in [0.3, 0.4) is 0 Å². The Kier molecular flexibility index (Phi) is 49.6. The molecule has 0 aliphatic carbocycles. The van der Waals surface area contributed by atoms with Gasteiger partial charge in [0.05, 0.1) is 21.7 Å². The summed E-state index contributed by atoms with van der Waals surface area (Å²) >= 11 is 5.44. The van der Waals surface area contributed by atoms with E-state index >= 15 is 0 Å². The second-order valence-corrected chi connectivity index (χ2v) is 4.91. The van der Waals surface area contributed by atoms with Crippen molar-refractivity contribution in [1.82, 2.24) is 0 Å². The minimum Gasteiger partial charge on any atom is -0.466 e. The van der Waals surface area contributed by atoms with Gasteiger partial charge in [0.2, 0.25) is 0 Å². The summed E-state index contributed by atoms with van der Waals surface area (Å²) in [5.41, 5.74) is 21.4. The van der Waals surface area contributed by atoms with E-state index in [1.165, 1.54) is 18.8 Å². The summed E-state index contributed by atoms with van der Waals surface area (Å²) in [5, 5.41) is 3.38. The Balaban J connectivity index is -0.000000102. The van der Waals surface area contributed by atoms with E-state index in [2.05, 4.69) is 10.0 Å². The molecule has 0 rings (SSSR count). The number of nitrogens with zero attached hydrogens (tertiary/aromatic N) is 6. The molecule has 0 saturated carbocycles. The molecule has 0 atom stereocenters. The van der Waals surface area contributed by atoms with E-state index in [-0.39, 0.29) is 41.5 Å². The maximum absolute atomic E-state index is 10.3. The Morgan fingerprint density at radius 2 is 1.39 bits per heavy atom. The van der Waals surface area contributed by atoms with Crippen molar-refractivity contribution >= 4 is 23.5 Å². The van der Waals surface area contributed by atoms with Gasteiger partial charge in [-0.1, -0.05) is 5.11 Å². The summed E-state index contributed by atoms with van der Waals surface area (Å²) in [6.07, 6.45) is 5.57. The summed E-state index contributed by atoms with van der Waals surface area (Å²) in [4.78, 5) is 24.6. The van der Waals surface area contributed by atoms with Crippen LogP contribution in [0.1, 0.15) is 53.7 Å². The third kappa shape index (κ3) is 64.1. The van der Waals surface area contributed by atoms with Gasteiger partial charge in [-0.05, 0) is 44.1 Å². The number of ether oxygens (including phenoxy) is 2. The fourth-order valence-corrected chi connectivity index (χ4v) is 1.50. The smallest absolute Gasteiger partial charge is 0.466 e. The molecule has 0 aliphatic heterocycles. The number of alkyl halides is 2. The topological polar surface area (TPSA) is 160 Å². The number of esters is 2. The van der Waals surface area contributed by atoms with Crippen LogP contribution in [0.5, 0.6) is 0 Å². The van der Waals surface area contributed by atoms with Crippen molar-refractivity contribution in [2.45, 2.75) is 52.4 Å². The van der Waals surface area contributed by atoms with Gasteiger partial charge >= 0.3 is 41.5 Å². The number of hydrogen-bond donors (Lipinski definition) is 0. The second-order valence-electron chi connectivity index (χ2n) is 4.53. The molecule has 0 radical (unpaired) electrons. The van der Waals surface area contributed by atoms with E-state index in [4.69, 9.17) is 39.0 Å². The van der Waals surface area contributed by atoms with Gasteiger partial charge in [-0.3, -0.25) is 18.9 Å². The van der Waals surface area contributed by atoms with Crippen molar-refractivity contribution in [2.24, 2.45) is 5.11 Å². The molecule has 0 N–H and O–H groups in total. The number of hydrogen-bond acceptors (Lipinski definition) is 5. The molecule has 0 fully saturated rings. The SMILES string of the molecule is CC(=O)OCCCCCCl.CC(=O)OCCCCCN=[N+]=[N-].[2H]CF.[N-]=[N+]=[N-].[Na+]. The van der Waals surface area contributed by atoms with Crippen molar-refractivity contribution in [3.63, 3.8) is 0 Å². The number of azide groups is 1. The third-order valence-corrected chi connectivity index (χ3v) is 2.62. The molecule has 10 nitrogen and oxygen atoms in total. The molecule has 28 heavy (non-hydrogen) atoms. The zero-order valence-corrected chi connectivity index (χ0v) is 19.6. The summed E-state index contributed by atoms with van der Waals surface area (Å²) in [6.45, 7) is 4.33. The van der Waals surface area contributed by atoms with Gasteiger partial charge < -0.3 is 20.5 Å². The summed E-state index contributed by atoms with van der Waals surface area (Å²) in [7, 11) is -1.00. The van der Waals surface area contributed by atoms with E-state index < -0.39 is 7.15 Å². The molecule has 0 unspecified atom stereocenters. The van der Waals surface area contributed by atoms with Gasteiger partial charge in [0.1, 0.15) is 0 Å². The van der Waals surface area contributed by atoms with Crippen LogP contribution in [0.4, 0.5) is 4.39 Å². The van der Waals surface area contributed by atoms with Crippen LogP contribution in [0.2, 0.25) is 0 Å². The Morgan fingerprint density at radius 1 is 1.00 bits per heavy atom. The largest absolute Gasteiger partial charge is 1.00 e. The first-order valence-corrected chi connectivity index (χ1v) is 8.58. The molecule has 0 amide bonds. The Morgan fingerprint density at radius 3 is 1.71 bits per heavy atom. The monoisotopic (exact) mass is 435 g/mol. The zero-order valence-electron chi connectivity index (χ0n) is 17.9. The molecule has 0 bridgehead atoms. The minimum atomic E-state index is -1.00. The second kappa shape index (κ2) is 40.5. The van der Waals surface area contributed by atoms with Crippen LogP contribution in [-0.4, -0.2) is 44.7 Å². The number of carbonyl (C=O) groups is 2. The molecular weight excluding hydrogens is 406 g/mol. The molecule has 0 heterocycles. The molecule has 0 aromatic heterocycles. The van der Waals surface area contributed by atoms with Crippen molar-refractivity contribution in [2.75, 3.05) is 32.8 Å². The fraction of sp³-hybridized carbons (Fsp3) is 0.867. The Hall–Kier alpha value is -1.22. The average Bonchev–Trinajstić information content (AvgIpc) is 2.62. The molecule has 0 saturated heterocycles. The van der Waals surface area contributed by atoms with Gasteiger partial charge in [0.25, 0.3) is 0 Å². The first-order chi connectivity index (χ1) is 13.4.